The van der Waals surface area contributed by atoms with E-state index in [0.717, 1.165) is 12.5 Å². The summed E-state index contributed by atoms with van der Waals surface area (Å²) in [4.78, 5) is 0. The van der Waals surface area contributed by atoms with Crippen LogP contribution in [-0.2, 0) is 0 Å². The fourth-order valence-corrected chi connectivity index (χ4v) is 3.83. The molecule has 1 unspecified atom stereocenters. The van der Waals surface area contributed by atoms with E-state index in [1.54, 1.807) is 0 Å². The van der Waals surface area contributed by atoms with Crippen molar-refractivity contribution in [2.75, 3.05) is 19.6 Å². The number of hydrogen-bond acceptors (Lipinski definition) is 2. The summed E-state index contributed by atoms with van der Waals surface area (Å²) in [5.74, 6) is 0.830. The third-order valence-electron chi connectivity index (χ3n) is 6.35. The molecular formula is C16H32N2. The topological polar surface area (TPSA) is 24.1 Å². The Hall–Kier alpha value is -0.0800. The summed E-state index contributed by atoms with van der Waals surface area (Å²) < 4.78 is 0. The quantitative estimate of drug-likeness (QED) is 0.803. The van der Waals surface area contributed by atoms with Gasteiger partial charge in [-0.2, -0.15) is 0 Å². The molecule has 1 heterocycles. The minimum atomic E-state index is 0.444. The monoisotopic (exact) mass is 252 g/mol. The van der Waals surface area contributed by atoms with Crippen molar-refractivity contribution in [2.24, 2.45) is 22.2 Å². The number of rotatable bonds is 4. The molecule has 1 aliphatic carbocycles. The smallest absolute Gasteiger partial charge is 0.0243 e. The van der Waals surface area contributed by atoms with Crippen molar-refractivity contribution in [3.05, 3.63) is 0 Å². The summed E-state index contributed by atoms with van der Waals surface area (Å²) in [6, 6.07) is 0.635. The van der Waals surface area contributed by atoms with Crippen LogP contribution in [0.3, 0.4) is 0 Å². The molecule has 2 rings (SSSR count). The van der Waals surface area contributed by atoms with Gasteiger partial charge in [0.25, 0.3) is 0 Å². The molecule has 0 aromatic carbocycles. The Labute approximate surface area is 113 Å². The lowest BCUT2D eigenvalue weighted by Crippen LogP contribution is -2.52. The Balaban J connectivity index is 1.76. The number of hydrogen-bond donors (Lipinski definition) is 2. The summed E-state index contributed by atoms with van der Waals surface area (Å²) >= 11 is 0. The molecular weight excluding hydrogens is 220 g/mol. The second-order valence-corrected chi connectivity index (χ2v) is 8.25. The maximum Gasteiger partial charge on any atom is 0.0243 e. The molecule has 0 spiro atoms. The van der Waals surface area contributed by atoms with Gasteiger partial charge in [0.15, 0.2) is 0 Å². The summed E-state index contributed by atoms with van der Waals surface area (Å²) in [6.45, 7) is 17.9. The van der Waals surface area contributed by atoms with E-state index < -0.39 is 0 Å². The molecule has 2 N–H and O–H groups in total. The van der Waals surface area contributed by atoms with Gasteiger partial charge in [-0.15, -0.1) is 0 Å². The van der Waals surface area contributed by atoms with Crippen molar-refractivity contribution >= 4 is 0 Å². The molecule has 1 aliphatic heterocycles. The van der Waals surface area contributed by atoms with Crippen molar-refractivity contribution in [3.8, 4) is 0 Å². The summed E-state index contributed by atoms with van der Waals surface area (Å²) in [7, 11) is 0. The molecule has 1 atom stereocenters. The summed E-state index contributed by atoms with van der Waals surface area (Å²) in [6.07, 6.45) is 2.68. The molecule has 0 amide bonds. The standard InChI is InChI=1S/C16H32N2/c1-14(2)8-7-9-18-13(14)11-17-10-12-15(3,4)16(12,5)6/h12-13,17-18H,7-11H2,1-6H3. The van der Waals surface area contributed by atoms with Crippen LogP contribution in [0.1, 0.15) is 54.4 Å². The SMILES string of the molecule is CC1(C)CCCNC1CNCC1C(C)(C)C1(C)C. The molecule has 106 valence electrons. The van der Waals surface area contributed by atoms with E-state index in [9.17, 15) is 0 Å². The molecule has 0 aromatic heterocycles. The lowest BCUT2D eigenvalue weighted by molar-refractivity contribution is 0.175. The largest absolute Gasteiger partial charge is 0.315 e. The highest BCUT2D eigenvalue weighted by Gasteiger charge is 2.63. The lowest BCUT2D eigenvalue weighted by Gasteiger charge is -2.39. The third kappa shape index (κ3) is 2.34. The van der Waals surface area contributed by atoms with Gasteiger partial charge >= 0.3 is 0 Å². The normalized spacial score (nSPS) is 33.3. The molecule has 2 heteroatoms. The predicted octanol–water partition coefficient (Wildman–Crippen LogP) is 3.04. The highest BCUT2D eigenvalue weighted by molar-refractivity contribution is 5.12. The van der Waals surface area contributed by atoms with Crippen molar-refractivity contribution in [1.82, 2.24) is 10.6 Å². The molecule has 0 radical (unpaired) electrons. The molecule has 0 bridgehead atoms. The predicted molar refractivity (Wildman–Crippen MR) is 78.7 cm³/mol. The first-order chi connectivity index (χ1) is 8.19. The van der Waals surface area contributed by atoms with Crippen LogP contribution in [0.2, 0.25) is 0 Å². The molecule has 2 fully saturated rings. The van der Waals surface area contributed by atoms with Gasteiger partial charge in [-0.1, -0.05) is 41.5 Å². The van der Waals surface area contributed by atoms with Gasteiger partial charge in [-0.25, -0.2) is 0 Å². The van der Waals surface area contributed by atoms with Crippen molar-refractivity contribution in [1.29, 1.82) is 0 Å². The number of piperidine rings is 1. The first-order valence-electron chi connectivity index (χ1n) is 7.64. The molecule has 18 heavy (non-hydrogen) atoms. The first-order valence-corrected chi connectivity index (χ1v) is 7.64. The van der Waals surface area contributed by atoms with Crippen molar-refractivity contribution < 1.29 is 0 Å². The highest BCUT2D eigenvalue weighted by Crippen LogP contribution is 2.67. The first kappa shape index (κ1) is 14.3. The van der Waals surface area contributed by atoms with Crippen LogP contribution < -0.4 is 10.6 Å². The molecule has 0 aromatic rings. The van der Waals surface area contributed by atoms with E-state index in [1.165, 1.54) is 25.9 Å². The third-order valence-corrected chi connectivity index (χ3v) is 6.35. The van der Waals surface area contributed by atoms with E-state index in [1.807, 2.05) is 0 Å². The molecule has 2 nitrogen and oxygen atoms in total. The van der Waals surface area contributed by atoms with E-state index in [2.05, 4.69) is 52.2 Å². The van der Waals surface area contributed by atoms with Gasteiger partial charge in [-0.3, -0.25) is 0 Å². The minimum Gasteiger partial charge on any atom is -0.315 e. The Morgan fingerprint density at radius 3 is 2.11 bits per heavy atom. The van der Waals surface area contributed by atoms with Crippen LogP contribution >= 0.6 is 0 Å². The van der Waals surface area contributed by atoms with Crippen LogP contribution in [-0.4, -0.2) is 25.7 Å². The summed E-state index contributed by atoms with van der Waals surface area (Å²) in [5.41, 5.74) is 1.46. The van der Waals surface area contributed by atoms with Gasteiger partial charge in [0, 0.05) is 12.6 Å². The average molecular weight is 252 g/mol. The Morgan fingerprint density at radius 1 is 1.00 bits per heavy atom. The Bertz CT molecular complexity index is 290. The van der Waals surface area contributed by atoms with E-state index in [0.29, 0.717) is 22.3 Å². The average Bonchev–Trinajstić information content (AvgIpc) is 2.62. The maximum atomic E-state index is 3.72. The van der Waals surface area contributed by atoms with Crippen LogP contribution in [0.5, 0.6) is 0 Å². The fraction of sp³-hybridized carbons (Fsp3) is 1.00. The van der Waals surface area contributed by atoms with Gasteiger partial charge < -0.3 is 10.6 Å². The van der Waals surface area contributed by atoms with E-state index in [-0.39, 0.29) is 0 Å². The van der Waals surface area contributed by atoms with Gasteiger partial charge in [-0.05, 0) is 48.1 Å². The second-order valence-electron chi connectivity index (χ2n) is 8.25. The molecule has 2 aliphatic rings. The van der Waals surface area contributed by atoms with E-state index >= 15 is 0 Å². The van der Waals surface area contributed by atoms with Gasteiger partial charge in [0.2, 0.25) is 0 Å². The maximum absolute atomic E-state index is 3.72. The second kappa shape index (κ2) is 4.49. The minimum absolute atomic E-state index is 0.444. The zero-order valence-electron chi connectivity index (χ0n) is 13.2. The molecule has 1 saturated carbocycles. The van der Waals surface area contributed by atoms with Crippen LogP contribution in [0.15, 0.2) is 0 Å². The Kier molecular flexibility index (Phi) is 3.57. The van der Waals surface area contributed by atoms with Gasteiger partial charge in [0.1, 0.15) is 0 Å². The van der Waals surface area contributed by atoms with Crippen molar-refractivity contribution in [2.45, 2.75) is 60.4 Å². The van der Waals surface area contributed by atoms with Crippen LogP contribution in [0.4, 0.5) is 0 Å². The molecule has 1 saturated heterocycles. The van der Waals surface area contributed by atoms with Crippen LogP contribution in [0.25, 0.3) is 0 Å². The number of nitrogens with one attached hydrogen (secondary N) is 2. The van der Waals surface area contributed by atoms with Crippen LogP contribution in [0, 0.1) is 22.2 Å². The zero-order valence-corrected chi connectivity index (χ0v) is 13.2. The fourth-order valence-electron chi connectivity index (χ4n) is 3.83. The van der Waals surface area contributed by atoms with Gasteiger partial charge in [0.05, 0.1) is 0 Å². The van der Waals surface area contributed by atoms with E-state index in [4.69, 9.17) is 0 Å². The zero-order chi connectivity index (χ0) is 13.6. The summed E-state index contributed by atoms with van der Waals surface area (Å²) in [5, 5.41) is 7.40. The highest BCUT2D eigenvalue weighted by atomic mass is 15.0. The van der Waals surface area contributed by atoms with Crippen molar-refractivity contribution in [3.63, 3.8) is 0 Å². The lowest BCUT2D eigenvalue weighted by atomic mass is 9.77. The Morgan fingerprint density at radius 2 is 1.61 bits per heavy atom.